The van der Waals surface area contributed by atoms with Crippen molar-refractivity contribution in [2.45, 2.75) is 31.3 Å². The van der Waals surface area contributed by atoms with Crippen molar-refractivity contribution in [3.8, 4) is 0 Å². The van der Waals surface area contributed by atoms with E-state index in [2.05, 4.69) is 17.6 Å². The van der Waals surface area contributed by atoms with Crippen molar-refractivity contribution >= 4 is 11.0 Å². The van der Waals surface area contributed by atoms with E-state index >= 15 is 0 Å². The Kier molecular flexibility index (Phi) is 3.15. The Bertz CT molecular complexity index is 856. The van der Waals surface area contributed by atoms with E-state index in [-0.39, 0.29) is 5.82 Å². The average Bonchev–Trinajstić information content (AvgIpc) is 2.81. The minimum atomic E-state index is -0.404. The van der Waals surface area contributed by atoms with Gasteiger partial charge < -0.3 is 9.30 Å². The molecule has 2 aliphatic carbocycles. The highest BCUT2D eigenvalue weighted by Crippen LogP contribution is 2.46. The highest BCUT2D eigenvalue weighted by atomic mass is 19.1. The number of benzene rings is 1. The smallest absolute Gasteiger partial charge is 0.166 e. The van der Waals surface area contributed by atoms with Crippen LogP contribution in [-0.4, -0.2) is 9.55 Å². The maximum absolute atomic E-state index is 13.5. The average molecular weight is 310 g/mol. The minimum Gasteiger partial charge on any atom is -0.480 e. The van der Waals surface area contributed by atoms with Crippen LogP contribution in [0.25, 0.3) is 11.0 Å². The molecule has 4 rings (SSSR count). The van der Waals surface area contributed by atoms with E-state index in [1.54, 1.807) is 6.07 Å². The number of aryl methyl sites for hydroxylation is 1. The van der Waals surface area contributed by atoms with Crippen LogP contribution < -0.4 is 0 Å². The second-order valence-corrected chi connectivity index (χ2v) is 6.38. The summed E-state index contributed by atoms with van der Waals surface area (Å²) in [4.78, 5) is 4.68. The molecule has 0 N–H and O–H groups in total. The lowest BCUT2D eigenvalue weighted by atomic mass is 9.79. The molecule has 0 atom stereocenters. The molecule has 1 fully saturated rings. The fourth-order valence-corrected chi connectivity index (χ4v) is 3.32. The van der Waals surface area contributed by atoms with Gasteiger partial charge in [-0.15, -0.1) is 0 Å². The number of rotatable bonds is 3. The van der Waals surface area contributed by atoms with Crippen LogP contribution in [0.5, 0.6) is 0 Å². The highest BCUT2D eigenvalue weighted by Gasteiger charge is 2.45. The molecule has 1 aromatic heterocycles. The Labute approximate surface area is 134 Å². The molecule has 0 unspecified atom stereocenters. The molecular formula is C19H19FN2O. The van der Waals surface area contributed by atoms with Gasteiger partial charge in [0.1, 0.15) is 11.6 Å². The Morgan fingerprint density at radius 3 is 2.78 bits per heavy atom. The molecular weight excluding hydrogens is 291 g/mol. The molecule has 0 radical (unpaired) electrons. The number of hydrogen-bond acceptors (Lipinski definition) is 2. The van der Waals surface area contributed by atoms with Crippen molar-refractivity contribution in [1.82, 2.24) is 9.55 Å². The van der Waals surface area contributed by atoms with Crippen molar-refractivity contribution in [2.24, 2.45) is 7.05 Å². The monoisotopic (exact) mass is 310 g/mol. The number of allylic oxidation sites excluding steroid dienone is 4. The van der Waals surface area contributed by atoms with E-state index in [0.29, 0.717) is 5.52 Å². The van der Waals surface area contributed by atoms with Gasteiger partial charge in [-0.1, -0.05) is 18.2 Å². The summed E-state index contributed by atoms with van der Waals surface area (Å²) in [5, 5.41) is 0. The number of ether oxygens (including phenoxy) is 1. The fraction of sp³-hybridized carbons (Fsp3) is 0.316. The van der Waals surface area contributed by atoms with E-state index in [9.17, 15) is 4.39 Å². The molecule has 0 spiro atoms. The number of fused-ring (bicyclic) bond motifs is 1. The summed E-state index contributed by atoms with van der Waals surface area (Å²) in [6.07, 6.45) is 9.80. The van der Waals surface area contributed by atoms with Gasteiger partial charge >= 0.3 is 0 Å². The highest BCUT2D eigenvalue weighted by molar-refractivity contribution is 5.76. The van der Waals surface area contributed by atoms with Gasteiger partial charge in [-0.2, -0.15) is 0 Å². The van der Waals surface area contributed by atoms with Crippen LogP contribution in [0.15, 0.2) is 54.3 Å². The van der Waals surface area contributed by atoms with Gasteiger partial charge in [0.2, 0.25) is 0 Å². The largest absolute Gasteiger partial charge is 0.480 e. The van der Waals surface area contributed by atoms with Crippen LogP contribution in [-0.2, 0) is 17.4 Å². The van der Waals surface area contributed by atoms with E-state index in [4.69, 9.17) is 4.74 Å². The Morgan fingerprint density at radius 2 is 2.13 bits per heavy atom. The molecule has 118 valence electrons. The number of aromatic nitrogens is 2. The van der Waals surface area contributed by atoms with Crippen molar-refractivity contribution in [3.05, 3.63) is 66.0 Å². The molecule has 0 bridgehead atoms. The van der Waals surface area contributed by atoms with Gasteiger partial charge in [0, 0.05) is 13.1 Å². The molecule has 2 aliphatic rings. The van der Waals surface area contributed by atoms with Crippen molar-refractivity contribution in [2.75, 3.05) is 0 Å². The molecule has 1 saturated carbocycles. The first-order valence-corrected chi connectivity index (χ1v) is 7.95. The number of imidazole rings is 1. The topological polar surface area (TPSA) is 27.1 Å². The zero-order valence-corrected chi connectivity index (χ0v) is 13.2. The molecule has 1 aromatic carbocycles. The second-order valence-electron chi connectivity index (χ2n) is 6.38. The third kappa shape index (κ3) is 2.29. The minimum absolute atomic E-state index is 0.262. The zero-order chi connectivity index (χ0) is 16.0. The summed E-state index contributed by atoms with van der Waals surface area (Å²) < 4.78 is 21.8. The molecule has 3 nitrogen and oxygen atoms in total. The van der Waals surface area contributed by atoms with E-state index < -0.39 is 5.60 Å². The normalized spacial score (nSPS) is 19.6. The lowest BCUT2D eigenvalue weighted by Gasteiger charge is -2.41. The van der Waals surface area contributed by atoms with Crippen molar-refractivity contribution in [1.29, 1.82) is 0 Å². The van der Waals surface area contributed by atoms with Gasteiger partial charge in [-0.3, -0.25) is 0 Å². The van der Waals surface area contributed by atoms with Crippen molar-refractivity contribution in [3.63, 3.8) is 0 Å². The van der Waals surface area contributed by atoms with E-state index in [1.807, 2.05) is 23.8 Å². The SMILES string of the molecule is C=C1C=CC(OC2(c3nc4cc(F)ccc4n3C)CCC2)=CC1. The maximum atomic E-state index is 13.5. The van der Waals surface area contributed by atoms with Crippen LogP contribution in [0, 0.1) is 5.82 Å². The lowest BCUT2D eigenvalue weighted by molar-refractivity contribution is -0.0720. The fourth-order valence-electron chi connectivity index (χ4n) is 3.32. The maximum Gasteiger partial charge on any atom is 0.166 e. The molecule has 23 heavy (non-hydrogen) atoms. The Morgan fingerprint density at radius 1 is 1.30 bits per heavy atom. The second kappa shape index (κ2) is 5.08. The van der Waals surface area contributed by atoms with E-state index in [1.165, 1.54) is 12.1 Å². The summed E-state index contributed by atoms with van der Waals surface area (Å²) in [6, 6.07) is 4.73. The first-order chi connectivity index (χ1) is 11.1. The van der Waals surface area contributed by atoms with Crippen LogP contribution >= 0.6 is 0 Å². The number of nitrogens with zero attached hydrogens (tertiary/aromatic N) is 2. The summed E-state index contributed by atoms with van der Waals surface area (Å²) in [5.74, 6) is 1.49. The third-order valence-corrected chi connectivity index (χ3v) is 4.77. The summed E-state index contributed by atoms with van der Waals surface area (Å²) in [6.45, 7) is 3.95. The summed E-state index contributed by atoms with van der Waals surface area (Å²) >= 11 is 0. The van der Waals surface area contributed by atoms with Crippen LogP contribution in [0.4, 0.5) is 4.39 Å². The summed E-state index contributed by atoms with van der Waals surface area (Å²) in [7, 11) is 1.97. The molecule has 1 heterocycles. The van der Waals surface area contributed by atoms with Crippen molar-refractivity contribution < 1.29 is 9.13 Å². The third-order valence-electron chi connectivity index (χ3n) is 4.77. The van der Waals surface area contributed by atoms with Crippen LogP contribution in [0.2, 0.25) is 0 Å². The first kappa shape index (κ1) is 14.2. The Balaban J connectivity index is 1.73. The van der Waals surface area contributed by atoms with E-state index in [0.717, 1.165) is 48.4 Å². The Hall–Kier alpha value is -2.36. The number of halogens is 1. The predicted octanol–water partition coefficient (Wildman–Crippen LogP) is 4.51. The zero-order valence-electron chi connectivity index (χ0n) is 13.2. The summed E-state index contributed by atoms with van der Waals surface area (Å²) in [5.41, 5.74) is 2.29. The van der Waals surface area contributed by atoms with Gasteiger partial charge in [-0.05, 0) is 50.0 Å². The predicted molar refractivity (Wildman–Crippen MR) is 88.3 cm³/mol. The van der Waals surface area contributed by atoms with Gasteiger partial charge in [0.05, 0.1) is 11.0 Å². The van der Waals surface area contributed by atoms with Crippen LogP contribution in [0.3, 0.4) is 0 Å². The molecule has 0 saturated heterocycles. The standard InChI is InChI=1S/C19H19FN2O/c1-13-4-7-15(8-5-13)23-19(10-3-11-19)18-21-16-12-14(20)6-9-17(16)22(18)2/h4,6-9,12H,1,3,5,10-11H2,2H3. The quantitative estimate of drug-likeness (QED) is 0.834. The molecule has 0 amide bonds. The van der Waals surface area contributed by atoms with Crippen LogP contribution in [0.1, 0.15) is 31.5 Å². The first-order valence-electron chi connectivity index (χ1n) is 7.95. The molecule has 0 aliphatic heterocycles. The van der Waals surface area contributed by atoms with Gasteiger partial charge in [0.25, 0.3) is 0 Å². The molecule has 2 aromatic rings. The molecule has 4 heteroatoms. The van der Waals surface area contributed by atoms with Gasteiger partial charge in [-0.25, -0.2) is 9.37 Å². The number of hydrogen-bond donors (Lipinski definition) is 0. The lowest BCUT2D eigenvalue weighted by Crippen LogP contribution is -2.39. The van der Waals surface area contributed by atoms with Gasteiger partial charge in [0.15, 0.2) is 11.4 Å².